The predicted molar refractivity (Wildman–Crippen MR) is 79.6 cm³/mol. The molecule has 0 bridgehead atoms. The van der Waals surface area contributed by atoms with E-state index in [2.05, 4.69) is 5.32 Å². The van der Waals surface area contributed by atoms with Crippen molar-refractivity contribution in [1.82, 2.24) is 5.32 Å². The van der Waals surface area contributed by atoms with E-state index in [1.807, 2.05) is 0 Å². The van der Waals surface area contributed by atoms with Crippen LogP contribution in [0.15, 0.2) is 0 Å². The maximum Gasteiger partial charge on any atom is 0.407 e. The molecule has 0 spiro atoms. The second-order valence-corrected chi connectivity index (χ2v) is 6.37. The van der Waals surface area contributed by atoms with Crippen molar-refractivity contribution in [2.75, 3.05) is 13.2 Å². The summed E-state index contributed by atoms with van der Waals surface area (Å²) in [4.78, 5) is 22.4. The Morgan fingerprint density at radius 1 is 1.36 bits per heavy atom. The highest BCUT2D eigenvalue weighted by Crippen LogP contribution is 2.18. The summed E-state index contributed by atoms with van der Waals surface area (Å²) < 4.78 is 16.3. The Hall–Kier alpha value is -1.34. The number of carbonyl (C=O) groups excluding carboxylic acids is 1. The van der Waals surface area contributed by atoms with Crippen LogP contribution in [0.3, 0.4) is 0 Å². The molecule has 0 saturated carbocycles. The van der Waals surface area contributed by atoms with E-state index < -0.39 is 23.8 Å². The first-order valence-corrected chi connectivity index (χ1v) is 7.72. The Labute approximate surface area is 131 Å². The van der Waals surface area contributed by atoms with E-state index in [0.29, 0.717) is 19.6 Å². The van der Waals surface area contributed by atoms with Crippen LogP contribution >= 0.6 is 0 Å². The summed E-state index contributed by atoms with van der Waals surface area (Å²) in [6.07, 6.45) is 1.71. The van der Waals surface area contributed by atoms with Crippen LogP contribution in [0, 0.1) is 0 Å². The second kappa shape index (κ2) is 8.95. The number of rotatable bonds is 7. The van der Waals surface area contributed by atoms with E-state index in [1.165, 1.54) is 0 Å². The molecule has 1 heterocycles. The molecule has 7 nitrogen and oxygen atoms in total. The van der Waals surface area contributed by atoms with Crippen molar-refractivity contribution in [3.8, 4) is 0 Å². The van der Waals surface area contributed by atoms with Gasteiger partial charge in [-0.2, -0.15) is 0 Å². The third-order valence-corrected chi connectivity index (χ3v) is 3.02. The van der Waals surface area contributed by atoms with Gasteiger partial charge in [0.05, 0.1) is 12.5 Å². The number of carboxylic acids is 1. The maximum atomic E-state index is 11.5. The number of hydrogen-bond donors (Lipinski definition) is 2. The van der Waals surface area contributed by atoms with Crippen molar-refractivity contribution in [2.45, 2.75) is 70.9 Å². The van der Waals surface area contributed by atoms with Gasteiger partial charge < -0.3 is 24.6 Å². The molecular weight excluding hydrogens is 290 g/mol. The van der Waals surface area contributed by atoms with Gasteiger partial charge in [-0.3, -0.25) is 4.79 Å². The summed E-state index contributed by atoms with van der Waals surface area (Å²) in [6, 6.07) is 0. The van der Waals surface area contributed by atoms with Gasteiger partial charge in [-0.15, -0.1) is 0 Å². The Morgan fingerprint density at radius 2 is 2.09 bits per heavy atom. The van der Waals surface area contributed by atoms with Gasteiger partial charge in [0, 0.05) is 13.2 Å². The minimum atomic E-state index is -0.932. The van der Waals surface area contributed by atoms with Crippen LogP contribution in [0.4, 0.5) is 4.79 Å². The highest BCUT2D eigenvalue weighted by Gasteiger charge is 2.22. The molecule has 0 aromatic heterocycles. The van der Waals surface area contributed by atoms with E-state index >= 15 is 0 Å². The third-order valence-electron chi connectivity index (χ3n) is 3.02. The van der Waals surface area contributed by atoms with Crippen molar-refractivity contribution in [1.29, 1.82) is 0 Å². The highest BCUT2D eigenvalue weighted by molar-refractivity contribution is 5.68. The molecule has 22 heavy (non-hydrogen) atoms. The molecule has 7 heteroatoms. The number of hydrogen-bond acceptors (Lipinski definition) is 5. The lowest BCUT2D eigenvalue weighted by Gasteiger charge is -2.27. The third kappa shape index (κ3) is 8.84. The van der Waals surface area contributed by atoms with E-state index in [1.54, 1.807) is 20.8 Å². The fraction of sp³-hybridized carbons (Fsp3) is 0.867. The van der Waals surface area contributed by atoms with E-state index in [0.717, 1.165) is 19.3 Å². The Balaban J connectivity index is 2.34. The fourth-order valence-electron chi connectivity index (χ4n) is 2.10. The van der Waals surface area contributed by atoms with Crippen molar-refractivity contribution in [2.24, 2.45) is 0 Å². The minimum Gasteiger partial charge on any atom is -0.481 e. The number of aliphatic carboxylic acids is 1. The number of amides is 1. The molecule has 1 rings (SSSR count). The van der Waals surface area contributed by atoms with E-state index in [9.17, 15) is 9.59 Å². The van der Waals surface area contributed by atoms with Crippen LogP contribution in [-0.2, 0) is 19.0 Å². The van der Waals surface area contributed by atoms with Crippen molar-refractivity contribution in [3.05, 3.63) is 0 Å². The molecule has 2 N–H and O–H groups in total. The van der Waals surface area contributed by atoms with Gasteiger partial charge in [0.15, 0.2) is 6.29 Å². The molecule has 0 aromatic carbocycles. The SMILES string of the molecule is CC(C)(C)OC(=O)NCC[C@H](CC(=O)O)OC1CCCCO1. The first kappa shape index (κ1) is 18.7. The van der Waals surface area contributed by atoms with Gasteiger partial charge >= 0.3 is 12.1 Å². The minimum absolute atomic E-state index is 0.115. The predicted octanol–water partition coefficient (Wildman–Crippen LogP) is 2.29. The number of alkyl carbamates (subject to hydrolysis) is 1. The smallest absolute Gasteiger partial charge is 0.407 e. The van der Waals surface area contributed by atoms with Gasteiger partial charge in [-0.25, -0.2) is 4.79 Å². The molecule has 0 radical (unpaired) electrons. The lowest BCUT2D eigenvalue weighted by molar-refractivity contribution is -0.192. The number of carboxylic acid groups (broad SMARTS) is 1. The standard InChI is InChI=1S/C15H27NO6/c1-15(2,3)22-14(19)16-8-7-11(10-12(17)18)21-13-6-4-5-9-20-13/h11,13H,4-10H2,1-3H3,(H,16,19)(H,17,18)/t11-,13?/m1/s1. The Kier molecular flexibility index (Phi) is 7.61. The van der Waals surface area contributed by atoms with E-state index in [-0.39, 0.29) is 12.7 Å². The second-order valence-electron chi connectivity index (χ2n) is 6.37. The fourth-order valence-corrected chi connectivity index (χ4v) is 2.10. The molecule has 1 amide bonds. The van der Waals surface area contributed by atoms with Crippen LogP contribution in [0.25, 0.3) is 0 Å². The maximum absolute atomic E-state index is 11.5. The van der Waals surface area contributed by atoms with E-state index in [4.69, 9.17) is 19.3 Å². The molecule has 1 aliphatic heterocycles. The molecule has 1 fully saturated rings. The normalized spacial score (nSPS) is 20.2. The molecule has 0 aliphatic carbocycles. The quantitative estimate of drug-likeness (QED) is 0.748. The van der Waals surface area contributed by atoms with Gasteiger partial charge in [0.1, 0.15) is 5.60 Å². The van der Waals surface area contributed by atoms with Gasteiger partial charge in [0.2, 0.25) is 0 Å². The molecule has 1 aliphatic rings. The topological polar surface area (TPSA) is 94.1 Å². The van der Waals surface area contributed by atoms with Crippen molar-refractivity contribution < 1.29 is 28.9 Å². The van der Waals surface area contributed by atoms with Gasteiger partial charge in [0.25, 0.3) is 0 Å². The molecule has 2 atom stereocenters. The summed E-state index contributed by atoms with van der Waals surface area (Å²) in [6.45, 7) is 6.27. The number of ether oxygens (including phenoxy) is 3. The lowest BCUT2D eigenvalue weighted by Crippen LogP contribution is -2.36. The van der Waals surface area contributed by atoms with Gasteiger partial charge in [-0.1, -0.05) is 0 Å². The molecule has 128 valence electrons. The highest BCUT2D eigenvalue weighted by atomic mass is 16.7. The zero-order chi connectivity index (χ0) is 16.6. The Bertz CT molecular complexity index is 360. The summed E-state index contributed by atoms with van der Waals surface area (Å²) in [7, 11) is 0. The van der Waals surface area contributed by atoms with Crippen molar-refractivity contribution in [3.63, 3.8) is 0 Å². The monoisotopic (exact) mass is 317 g/mol. The van der Waals surface area contributed by atoms with Crippen LogP contribution < -0.4 is 5.32 Å². The zero-order valence-electron chi connectivity index (χ0n) is 13.6. The first-order valence-electron chi connectivity index (χ1n) is 7.72. The van der Waals surface area contributed by atoms with Crippen LogP contribution in [0.2, 0.25) is 0 Å². The van der Waals surface area contributed by atoms with Gasteiger partial charge in [-0.05, 0) is 46.5 Å². The number of nitrogens with one attached hydrogen (secondary N) is 1. The summed E-state index contributed by atoms with van der Waals surface area (Å²) in [5.74, 6) is -0.932. The van der Waals surface area contributed by atoms with Crippen LogP contribution in [0.1, 0.15) is 52.9 Å². The molecular formula is C15H27NO6. The molecule has 1 unspecified atom stereocenters. The number of carbonyl (C=O) groups is 2. The molecule has 0 aromatic rings. The average molecular weight is 317 g/mol. The summed E-state index contributed by atoms with van der Waals surface area (Å²) >= 11 is 0. The van der Waals surface area contributed by atoms with Crippen molar-refractivity contribution >= 4 is 12.1 Å². The lowest BCUT2D eigenvalue weighted by atomic mass is 10.1. The zero-order valence-corrected chi connectivity index (χ0v) is 13.6. The summed E-state index contributed by atoms with van der Waals surface area (Å²) in [5, 5.41) is 11.5. The molecule has 1 saturated heterocycles. The van der Waals surface area contributed by atoms with Crippen LogP contribution in [0.5, 0.6) is 0 Å². The first-order chi connectivity index (χ1) is 10.3. The van der Waals surface area contributed by atoms with Crippen LogP contribution in [-0.4, -0.2) is 48.3 Å². The summed E-state index contributed by atoms with van der Waals surface area (Å²) in [5.41, 5.74) is -0.559. The average Bonchev–Trinajstić information content (AvgIpc) is 2.36. The Morgan fingerprint density at radius 3 is 2.64 bits per heavy atom. The largest absolute Gasteiger partial charge is 0.481 e.